The summed E-state index contributed by atoms with van der Waals surface area (Å²) in [5.41, 5.74) is 1.97. The minimum atomic E-state index is -4.43. The lowest BCUT2D eigenvalue weighted by molar-refractivity contribution is -0.137. The van der Waals surface area contributed by atoms with E-state index in [-0.39, 0.29) is 17.8 Å². The van der Waals surface area contributed by atoms with Gasteiger partial charge in [0.25, 0.3) is 5.91 Å². The van der Waals surface area contributed by atoms with Gasteiger partial charge in [-0.1, -0.05) is 23.8 Å². The smallest absolute Gasteiger partial charge is 0.417 e. The highest BCUT2D eigenvalue weighted by atomic mass is 19.4. The van der Waals surface area contributed by atoms with Gasteiger partial charge in [-0.25, -0.2) is 9.97 Å². The van der Waals surface area contributed by atoms with E-state index in [1.165, 1.54) is 30.2 Å². The zero-order chi connectivity index (χ0) is 24.7. The number of hydrogen-bond acceptors (Lipinski definition) is 5. The average Bonchev–Trinajstić information content (AvgIpc) is 2.86. The summed E-state index contributed by atoms with van der Waals surface area (Å²) in [5.74, 6) is 0.450. The number of aromatic nitrogens is 3. The van der Waals surface area contributed by atoms with Crippen LogP contribution in [0.1, 0.15) is 53.7 Å². The fourth-order valence-corrected chi connectivity index (χ4v) is 3.95. The number of hydrogen-bond donors (Lipinski definition) is 1. The van der Waals surface area contributed by atoms with E-state index < -0.39 is 11.7 Å². The van der Waals surface area contributed by atoms with Crippen LogP contribution in [0.4, 0.5) is 13.2 Å². The minimum absolute atomic E-state index is 0.112. The number of allylic oxidation sites excluding steroid dienone is 2. The number of nitrogens with zero attached hydrogens (tertiary/aromatic N) is 3. The first kappa shape index (κ1) is 24.4. The van der Waals surface area contributed by atoms with Crippen molar-refractivity contribution in [1.82, 2.24) is 20.3 Å². The zero-order valence-corrected chi connectivity index (χ0v) is 19.0. The van der Waals surface area contributed by atoms with Crippen molar-refractivity contribution < 1.29 is 22.7 Å². The van der Waals surface area contributed by atoms with E-state index in [0.717, 1.165) is 56.4 Å². The van der Waals surface area contributed by atoms with Crippen molar-refractivity contribution in [1.29, 1.82) is 0 Å². The summed E-state index contributed by atoms with van der Waals surface area (Å²) in [6, 6.07) is 9.76. The van der Waals surface area contributed by atoms with Gasteiger partial charge in [0.05, 0.1) is 11.8 Å². The molecule has 0 bridgehead atoms. The Morgan fingerprint density at radius 3 is 2.60 bits per heavy atom. The predicted octanol–water partition coefficient (Wildman–Crippen LogP) is 5.91. The molecule has 3 aromatic rings. The summed E-state index contributed by atoms with van der Waals surface area (Å²) in [5, 5.41) is 3.03. The highest BCUT2D eigenvalue weighted by Crippen LogP contribution is 2.30. The van der Waals surface area contributed by atoms with Crippen LogP contribution in [0.15, 0.2) is 72.8 Å². The van der Waals surface area contributed by atoms with Crippen molar-refractivity contribution in [3.05, 3.63) is 89.7 Å². The summed E-state index contributed by atoms with van der Waals surface area (Å²) >= 11 is 0. The van der Waals surface area contributed by atoms with Gasteiger partial charge in [-0.3, -0.25) is 9.78 Å². The molecular weight excluding hydrogens is 457 g/mol. The molecule has 2 aromatic heterocycles. The van der Waals surface area contributed by atoms with Crippen molar-refractivity contribution in [3.8, 4) is 11.6 Å². The lowest BCUT2D eigenvalue weighted by atomic mass is 9.89. The van der Waals surface area contributed by atoms with Crippen molar-refractivity contribution in [2.75, 3.05) is 0 Å². The number of halogens is 3. The number of alkyl halides is 3. The molecule has 2 heterocycles. The predicted molar refractivity (Wildman–Crippen MR) is 124 cm³/mol. The topological polar surface area (TPSA) is 77.0 Å². The molecule has 1 aromatic carbocycles. The Morgan fingerprint density at radius 1 is 1.09 bits per heavy atom. The highest BCUT2D eigenvalue weighted by molar-refractivity contribution is 5.92. The molecule has 1 amide bonds. The summed E-state index contributed by atoms with van der Waals surface area (Å²) < 4.78 is 43.7. The third kappa shape index (κ3) is 7.11. The lowest BCUT2D eigenvalue weighted by Crippen LogP contribution is -2.36. The maximum absolute atomic E-state index is 12.7. The molecule has 0 unspecified atom stereocenters. The van der Waals surface area contributed by atoms with Crippen LogP contribution in [-0.4, -0.2) is 26.9 Å². The Balaban J connectivity index is 1.23. The van der Waals surface area contributed by atoms with E-state index in [0.29, 0.717) is 11.4 Å². The van der Waals surface area contributed by atoms with Crippen molar-refractivity contribution in [2.45, 2.75) is 50.7 Å². The second kappa shape index (κ2) is 11.1. The molecule has 1 N–H and O–H groups in total. The first-order chi connectivity index (χ1) is 16.9. The summed E-state index contributed by atoms with van der Waals surface area (Å²) in [6.07, 6.45) is 8.44. The Labute approximate surface area is 201 Å². The maximum Gasteiger partial charge on any atom is 0.417 e. The molecule has 0 spiro atoms. The van der Waals surface area contributed by atoms with E-state index in [9.17, 15) is 18.0 Å². The van der Waals surface area contributed by atoms with Crippen molar-refractivity contribution in [2.24, 2.45) is 0 Å². The summed E-state index contributed by atoms with van der Waals surface area (Å²) in [6.45, 7) is 0. The monoisotopic (exact) mass is 482 g/mol. The quantitative estimate of drug-likeness (QED) is 0.424. The van der Waals surface area contributed by atoms with Crippen LogP contribution in [0.3, 0.4) is 0 Å². The second-order valence-corrected chi connectivity index (χ2v) is 8.37. The lowest BCUT2D eigenvalue weighted by Gasteiger charge is -2.24. The van der Waals surface area contributed by atoms with Crippen LogP contribution in [0.2, 0.25) is 0 Å². The van der Waals surface area contributed by atoms with Gasteiger partial charge in [-0.15, -0.1) is 0 Å². The molecular formula is C26H25F3N4O2. The van der Waals surface area contributed by atoms with E-state index in [4.69, 9.17) is 4.74 Å². The highest BCUT2D eigenvalue weighted by Gasteiger charge is 2.30. The molecule has 0 radical (unpaired) electrons. The van der Waals surface area contributed by atoms with Gasteiger partial charge in [-0.2, -0.15) is 13.2 Å². The van der Waals surface area contributed by atoms with Crippen LogP contribution >= 0.6 is 0 Å². The molecule has 1 fully saturated rings. The molecule has 0 saturated heterocycles. The number of amides is 1. The van der Waals surface area contributed by atoms with Crippen LogP contribution in [0, 0.1) is 0 Å². The molecule has 1 aliphatic rings. The van der Waals surface area contributed by atoms with Gasteiger partial charge in [-0.05, 0) is 62.3 Å². The van der Waals surface area contributed by atoms with Gasteiger partial charge in [0.2, 0.25) is 5.88 Å². The Hall–Kier alpha value is -3.75. The number of carbonyl (C=O) groups excluding carboxylic acids is 1. The SMILES string of the molecule is O=C(NC1CCC(=CCCc2cccc(Oc3ccc(C(F)(F)F)cn3)c2)CC1)c1cnccn1. The van der Waals surface area contributed by atoms with Gasteiger partial charge in [0.15, 0.2) is 0 Å². The first-order valence-electron chi connectivity index (χ1n) is 11.4. The number of carbonyl (C=O) groups is 1. The molecule has 4 rings (SSSR count). The Kier molecular flexibility index (Phi) is 7.74. The van der Waals surface area contributed by atoms with Crippen molar-refractivity contribution >= 4 is 5.91 Å². The molecule has 6 nitrogen and oxygen atoms in total. The Morgan fingerprint density at radius 2 is 1.91 bits per heavy atom. The number of pyridine rings is 1. The zero-order valence-electron chi connectivity index (χ0n) is 19.0. The summed E-state index contributed by atoms with van der Waals surface area (Å²) in [7, 11) is 0. The maximum atomic E-state index is 12.7. The largest absolute Gasteiger partial charge is 0.439 e. The number of rotatable bonds is 7. The van der Waals surface area contributed by atoms with Crippen LogP contribution in [0.5, 0.6) is 11.6 Å². The normalized spacial score (nSPS) is 16.0. The van der Waals surface area contributed by atoms with Crippen LogP contribution in [-0.2, 0) is 12.6 Å². The molecule has 1 aliphatic carbocycles. The summed E-state index contributed by atoms with van der Waals surface area (Å²) in [4.78, 5) is 23.9. The molecule has 0 aliphatic heterocycles. The first-order valence-corrected chi connectivity index (χ1v) is 11.4. The van der Waals surface area contributed by atoms with E-state index in [2.05, 4.69) is 26.3 Å². The van der Waals surface area contributed by atoms with Gasteiger partial charge in [0, 0.05) is 30.7 Å². The minimum Gasteiger partial charge on any atom is -0.439 e. The van der Waals surface area contributed by atoms with Gasteiger partial charge < -0.3 is 10.1 Å². The number of ether oxygens (including phenoxy) is 1. The van der Waals surface area contributed by atoms with Gasteiger partial charge in [0.1, 0.15) is 11.4 Å². The number of nitrogens with one attached hydrogen (secondary N) is 1. The average molecular weight is 483 g/mol. The molecule has 9 heteroatoms. The van der Waals surface area contributed by atoms with E-state index in [1.807, 2.05) is 18.2 Å². The molecule has 182 valence electrons. The van der Waals surface area contributed by atoms with E-state index in [1.54, 1.807) is 6.07 Å². The fraction of sp³-hybridized carbons (Fsp3) is 0.308. The standard InChI is InChI=1S/C26H25F3N4O2/c27-26(28,29)20-9-12-24(32-16-20)35-22-6-2-5-19(15-22)4-1-3-18-7-10-21(11-8-18)33-25(34)23-17-30-13-14-31-23/h2-3,5-6,9,12-17,21H,1,4,7-8,10-11H2,(H,33,34). The Bertz CT molecular complexity index is 1160. The van der Waals surface area contributed by atoms with Crippen LogP contribution < -0.4 is 10.1 Å². The molecule has 35 heavy (non-hydrogen) atoms. The van der Waals surface area contributed by atoms with Crippen molar-refractivity contribution in [3.63, 3.8) is 0 Å². The van der Waals surface area contributed by atoms with Crippen LogP contribution in [0.25, 0.3) is 0 Å². The number of benzene rings is 1. The van der Waals surface area contributed by atoms with Gasteiger partial charge >= 0.3 is 6.18 Å². The van der Waals surface area contributed by atoms with E-state index >= 15 is 0 Å². The molecule has 0 atom stereocenters. The third-order valence-electron chi connectivity index (χ3n) is 5.81. The third-order valence-corrected chi connectivity index (χ3v) is 5.81. The fourth-order valence-electron chi connectivity index (χ4n) is 3.95. The molecule has 1 saturated carbocycles. The number of aryl methyl sites for hydroxylation is 1. The second-order valence-electron chi connectivity index (χ2n) is 8.37.